The maximum absolute atomic E-state index is 12.7. The summed E-state index contributed by atoms with van der Waals surface area (Å²) in [4.78, 5) is 26.1. The van der Waals surface area contributed by atoms with E-state index in [1.54, 1.807) is 42.5 Å². The van der Waals surface area contributed by atoms with Crippen LogP contribution in [0.2, 0.25) is 10.0 Å². The van der Waals surface area contributed by atoms with Crippen LogP contribution in [-0.2, 0) is 9.59 Å². The number of para-hydroxylation sites is 1. The Hall–Kier alpha value is -2.21. The first-order valence-corrected chi connectivity index (χ1v) is 8.21. The van der Waals surface area contributed by atoms with Gasteiger partial charge in [-0.25, -0.2) is 4.90 Å². The third kappa shape index (κ3) is 3.18. The molecule has 8 heteroatoms. The standard InChI is InChI=1S/C17H11Cl3N2O3/c1-25-13-7-6-9(18)8-11(13)21-15-14(20)16(23)22(17(15)24)12-5-3-2-4-10(12)19/h2-8,21H,1H3. The minimum absolute atomic E-state index is 0.0767. The highest BCUT2D eigenvalue weighted by Crippen LogP contribution is 2.36. The second-order valence-corrected chi connectivity index (χ2v) is 6.28. The van der Waals surface area contributed by atoms with Gasteiger partial charge in [0.15, 0.2) is 0 Å². The fourth-order valence-corrected chi connectivity index (χ4v) is 2.98. The summed E-state index contributed by atoms with van der Waals surface area (Å²) >= 11 is 18.2. The second kappa shape index (κ2) is 6.96. The highest BCUT2D eigenvalue weighted by atomic mass is 35.5. The average Bonchev–Trinajstić information content (AvgIpc) is 2.80. The second-order valence-electron chi connectivity index (χ2n) is 5.06. The molecule has 0 saturated carbocycles. The Morgan fingerprint density at radius 3 is 2.40 bits per heavy atom. The first-order chi connectivity index (χ1) is 11.9. The summed E-state index contributed by atoms with van der Waals surface area (Å²) < 4.78 is 5.22. The zero-order valence-corrected chi connectivity index (χ0v) is 15.1. The minimum atomic E-state index is -0.664. The Labute approximate surface area is 158 Å². The number of halogens is 3. The van der Waals surface area contributed by atoms with Crippen molar-refractivity contribution in [3.05, 3.63) is 63.2 Å². The van der Waals surface area contributed by atoms with E-state index in [1.807, 2.05) is 0 Å². The predicted molar refractivity (Wildman–Crippen MR) is 98.5 cm³/mol. The number of rotatable bonds is 4. The van der Waals surface area contributed by atoms with Gasteiger partial charge in [-0.1, -0.05) is 46.9 Å². The van der Waals surface area contributed by atoms with Crippen molar-refractivity contribution in [1.82, 2.24) is 0 Å². The van der Waals surface area contributed by atoms with Gasteiger partial charge in [-0.15, -0.1) is 0 Å². The van der Waals surface area contributed by atoms with Crippen LogP contribution in [0.3, 0.4) is 0 Å². The summed E-state index contributed by atoms with van der Waals surface area (Å²) in [5.74, 6) is -0.841. The van der Waals surface area contributed by atoms with E-state index in [2.05, 4.69) is 5.32 Å². The lowest BCUT2D eigenvalue weighted by Gasteiger charge is -2.17. The van der Waals surface area contributed by atoms with Crippen molar-refractivity contribution in [3.8, 4) is 5.75 Å². The van der Waals surface area contributed by atoms with Crippen LogP contribution < -0.4 is 15.0 Å². The highest BCUT2D eigenvalue weighted by molar-refractivity contribution is 6.53. The molecule has 0 atom stereocenters. The molecule has 2 aromatic carbocycles. The number of nitrogens with zero attached hydrogens (tertiary/aromatic N) is 1. The molecule has 0 radical (unpaired) electrons. The molecule has 2 aromatic rings. The van der Waals surface area contributed by atoms with Crippen LogP contribution in [0.1, 0.15) is 0 Å². The number of carbonyl (C=O) groups is 2. The zero-order valence-electron chi connectivity index (χ0n) is 12.8. The number of benzene rings is 2. The molecular weight excluding hydrogens is 387 g/mol. The molecule has 0 bridgehead atoms. The van der Waals surface area contributed by atoms with Gasteiger partial charge in [-0.3, -0.25) is 9.59 Å². The minimum Gasteiger partial charge on any atom is -0.495 e. The first-order valence-electron chi connectivity index (χ1n) is 7.07. The number of anilines is 2. The lowest BCUT2D eigenvalue weighted by Crippen LogP contribution is -2.32. The topological polar surface area (TPSA) is 58.6 Å². The van der Waals surface area contributed by atoms with E-state index in [0.29, 0.717) is 16.5 Å². The van der Waals surface area contributed by atoms with Gasteiger partial charge >= 0.3 is 0 Å². The Morgan fingerprint density at radius 1 is 1.00 bits per heavy atom. The van der Waals surface area contributed by atoms with Crippen LogP contribution in [0.5, 0.6) is 5.75 Å². The molecule has 0 spiro atoms. The maximum atomic E-state index is 12.7. The maximum Gasteiger partial charge on any atom is 0.283 e. The summed E-state index contributed by atoms with van der Waals surface area (Å²) in [6, 6.07) is 11.3. The summed E-state index contributed by atoms with van der Waals surface area (Å²) in [5.41, 5.74) is 0.588. The molecular formula is C17H11Cl3N2O3. The van der Waals surface area contributed by atoms with Gasteiger partial charge in [0.1, 0.15) is 16.5 Å². The Kier molecular flexibility index (Phi) is 4.90. The molecule has 3 rings (SSSR count). The lowest BCUT2D eigenvalue weighted by molar-refractivity contribution is -0.120. The fraction of sp³-hybridized carbons (Fsp3) is 0.0588. The van der Waals surface area contributed by atoms with Crippen molar-refractivity contribution in [3.63, 3.8) is 0 Å². The molecule has 0 fully saturated rings. The molecule has 128 valence electrons. The largest absolute Gasteiger partial charge is 0.495 e. The van der Waals surface area contributed by atoms with Gasteiger partial charge in [0.25, 0.3) is 11.8 Å². The van der Waals surface area contributed by atoms with Gasteiger partial charge in [0.2, 0.25) is 0 Å². The predicted octanol–water partition coefficient (Wildman–Crippen LogP) is 4.44. The van der Waals surface area contributed by atoms with E-state index >= 15 is 0 Å². The van der Waals surface area contributed by atoms with E-state index in [0.717, 1.165) is 4.90 Å². The van der Waals surface area contributed by atoms with E-state index < -0.39 is 11.8 Å². The zero-order chi connectivity index (χ0) is 18.1. The number of ether oxygens (including phenoxy) is 1. The van der Waals surface area contributed by atoms with Gasteiger partial charge < -0.3 is 10.1 Å². The van der Waals surface area contributed by atoms with Gasteiger partial charge in [0, 0.05) is 5.02 Å². The van der Waals surface area contributed by atoms with Crippen molar-refractivity contribution >= 4 is 58.0 Å². The quantitative estimate of drug-likeness (QED) is 0.775. The van der Waals surface area contributed by atoms with Gasteiger partial charge in [-0.05, 0) is 30.3 Å². The van der Waals surface area contributed by atoms with E-state index in [-0.39, 0.29) is 21.4 Å². The molecule has 0 saturated heterocycles. The van der Waals surface area contributed by atoms with Gasteiger partial charge in [-0.2, -0.15) is 0 Å². The number of nitrogens with one attached hydrogen (secondary N) is 1. The van der Waals surface area contributed by atoms with Crippen molar-refractivity contribution in [2.45, 2.75) is 0 Å². The number of imide groups is 1. The van der Waals surface area contributed by atoms with Crippen LogP contribution in [0, 0.1) is 0 Å². The van der Waals surface area contributed by atoms with E-state index in [4.69, 9.17) is 39.5 Å². The summed E-state index contributed by atoms with van der Waals surface area (Å²) in [6.07, 6.45) is 0. The number of amides is 2. The van der Waals surface area contributed by atoms with Crippen molar-refractivity contribution in [2.75, 3.05) is 17.3 Å². The normalized spacial score (nSPS) is 14.3. The molecule has 1 heterocycles. The van der Waals surface area contributed by atoms with Crippen molar-refractivity contribution in [2.24, 2.45) is 0 Å². The van der Waals surface area contributed by atoms with E-state index in [9.17, 15) is 9.59 Å². The van der Waals surface area contributed by atoms with Crippen molar-refractivity contribution in [1.29, 1.82) is 0 Å². The molecule has 2 amide bonds. The van der Waals surface area contributed by atoms with Crippen LogP contribution in [0.15, 0.2) is 53.2 Å². The molecule has 5 nitrogen and oxygen atoms in total. The number of hydrogen-bond acceptors (Lipinski definition) is 4. The lowest BCUT2D eigenvalue weighted by atomic mass is 10.2. The summed E-state index contributed by atoms with van der Waals surface area (Å²) in [7, 11) is 1.47. The van der Waals surface area contributed by atoms with Gasteiger partial charge in [0.05, 0.1) is 23.5 Å². The number of hydrogen-bond donors (Lipinski definition) is 1. The number of methoxy groups -OCH3 is 1. The van der Waals surface area contributed by atoms with Crippen LogP contribution in [0.4, 0.5) is 11.4 Å². The monoisotopic (exact) mass is 396 g/mol. The molecule has 0 unspecified atom stereocenters. The first kappa shape index (κ1) is 17.6. The van der Waals surface area contributed by atoms with Crippen LogP contribution >= 0.6 is 34.8 Å². The van der Waals surface area contributed by atoms with E-state index in [1.165, 1.54) is 7.11 Å². The molecule has 1 aliphatic heterocycles. The Morgan fingerprint density at radius 2 is 1.72 bits per heavy atom. The Balaban J connectivity index is 1.98. The third-order valence-electron chi connectivity index (χ3n) is 3.54. The van der Waals surface area contributed by atoms with Crippen molar-refractivity contribution < 1.29 is 14.3 Å². The molecule has 0 aliphatic carbocycles. The summed E-state index contributed by atoms with van der Waals surface area (Å²) in [6.45, 7) is 0. The fourth-order valence-electron chi connectivity index (χ4n) is 2.38. The summed E-state index contributed by atoms with van der Waals surface area (Å²) in [5, 5.41) is 3.28. The highest BCUT2D eigenvalue weighted by Gasteiger charge is 2.40. The van der Waals surface area contributed by atoms with Crippen LogP contribution in [-0.4, -0.2) is 18.9 Å². The number of carbonyl (C=O) groups excluding carboxylic acids is 2. The van der Waals surface area contributed by atoms with Crippen LogP contribution in [0.25, 0.3) is 0 Å². The SMILES string of the molecule is COc1ccc(Cl)cc1NC1=C(Cl)C(=O)N(c2ccccc2Cl)C1=O. The third-order valence-corrected chi connectivity index (χ3v) is 4.45. The average molecular weight is 398 g/mol. The smallest absolute Gasteiger partial charge is 0.283 e. The molecule has 25 heavy (non-hydrogen) atoms. The molecule has 1 aliphatic rings. The Bertz CT molecular complexity index is 912. The molecule has 1 N–H and O–H groups in total. The molecule has 0 aromatic heterocycles.